The summed E-state index contributed by atoms with van der Waals surface area (Å²) in [6, 6.07) is -0.119. The minimum absolute atomic E-state index is 0.193. The molecule has 1 rings (SSSR count). The van der Waals surface area contributed by atoms with Crippen molar-refractivity contribution < 1.29 is 13.9 Å². The van der Waals surface area contributed by atoms with E-state index in [1.165, 1.54) is 17.8 Å². The van der Waals surface area contributed by atoms with Gasteiger partial charge in [-0.05, 0) is 37.6 Å². The van der Waals surface area contributed by atoms with E-state index in [0.29, 0.717) is 24.8 Å². The van der Waals surface area contributed by atoms with Gasteiger partial charge in [0.1, 0.15) is 0 Å². The molecular formula is C14H28ClN2O3PS. The number of alkyl halides is 1. The number of hydrogen-bond donors (Lipinski definition) is 1. The molecule has 1 unspecified atom stereocenters. The molecule has 0 aromatic heterocycles. The van der Waals surface area contributed by atoms with Crippen molar-refractivity contribution in [3.05, 3.63) is 0 Å². The van der Waals surface area contributed by atoms with Crippen LogP contribution in [0, 0.1) is 0 Å². The molecule has 1 atom stereocenters. The van der Waals surface area contributed by atoms with Crippen LogP contribution < -0.4 is 5.09 Å². The van der Waals surface area contributed by atoms with Gasteiger partial charge in [-0.1, -0.05) is 26.2 Å². The Morgan fingerprint density at radius 1 is 1.36 bits per heavy atom. The molecule has 0 saturated heterocycles. The first-order chi connectivity index (χ1) is 10.6. The average Bonchev–Trinajstić information content (AvgIpc) is 2.51. The zero-order valence-corrected chi connectivity index (χ0v) is 16.0. The predicted octanol–water partition coefficient (Wildman–Crippen LogP) is 4.86. The Labute approximate surface area is 143 Å². The molecule has 0 radical (unpaired) electrons. The molecule has 22 heavy (non-hydrogen) atoms. The molecule has 1 aliphatic rings. The second-order valence-electron chi connectivity index (χ2n) is 5.34. The van der Waals surface area contributed by atoms with E-state index in [0.717, 1.165) is 32.1 Å². The highest BCUT2D eigenvalue weighted by Crippen LogP contribution is 2.56. The van der Waals surface area contributed by atoms with Crippen molar-refractivity contribution in [2.75, 3.05) is 24.8 Å². The summed E-state index contributed by atoms with van der Waals surface area (Å²) in [5.41, 5.74) is 0. The van der Waals surface area contributed by atoms with Crippen molar-refractivity contribution in [1.29, 1.82) is 0 Å². The summed E-state index contributed by atoms with van der Waals surface area (Å²) in [7, 11) is 0. The standard InChI is InChI=1S/C14H28ClN2O3PS/c1-3-12-22-21(19,20-4-2)16-14(18)17(11-10-15)13-8-6-5-7-9-13/h13H,3-12H2,1-2H3,(H,16,18,19). The average molecular weight is 371 g/mol. The van der Waals surface area contributed by atoms with E-state index in [1.54, 1.807) is 11.8 Å². The number of rotatable bonds is 9. The fourth-order valence-corrected chi connectivity index (χ4v) is 6.35. The van der Waals surface area contributed by atoms with Crippen molar-refractivity contribution >= 4 is 35.7 Å². The molecule has 8 heteroatoms. The zero-order chi connectivity index (χ0) is 16.4. The first kappa shape index (κ1) is 20.1. The Kier molecular flexibility index (Phi) is 9.89. The molecular weight excluding hydrogens is 343 g/mol. The number of carbonyl (C=O) groups excluding carboxylic acids is 1. The van der Waals surface area contributed by atoms with Gasteiger partial charge in [-0.25, -0.2) is 4.79 Å². The second kappa shape index (κ2) is 10.8. The number of nitrogens with zero attached hydrogens (tertiary/aromatic N) is 1. The third-order valence-electron chi connectivity index (χ3n) is 3.60. The Morgan fingerprint density at radius 3 is 2.59 bits per heavy atom. The van der Waals surface area contributed by atoms with Gasteiger partial charge in [0.05, 0.1) is 6.61 Å². The lowest BCUT2D eigenvalue weighted by atomic mass is 9.94. The summed E-state index contributed by atoms with van der Waals surface area (Å²) in [5.74, 6) is 1.07. The molecule has 0 spiro atoms. The van der Waals surface area contributed by atoms with Crippen LogP contribution in [0.3, 0.4) is 0 Å². The van der Waals surface area contributed by atoms with Gasteiger partial charge in [-0.2, -0.15) is 0 Å². The predicted molar refractivity (Wildman–Crippen MR) is 94.8 cm³/mol. The van der Waals surface area contributed by atoms with E-state index in [1.807, 2.05) is 6.92 Å². The van der Waals surface area contributed by atoms with Crippen molar-refractivity contribution in [1.82, 2.24) is 9.99 Å². The van der Waals surface area contributed by atoms with Gasteiger partial charge < -0.3 is 9.42 Å². The van der Waals surface area contributed by atoms with Crippen LogP contribution in [0.5, 0.6) is 0 Å². The maximum absolute atomic E-state index is 12.7. The fraction of sp³-hybridized carbons (Fsp3) is 0.929. The van der Waals surface area contributed by atoms with Crippen LogP contribution in [0.4, 0.5) is 4.79 Å². The smallest absolute Gasteiger partial charge is 0.320 e. The van der Waals surface area contributed by atoms with E-state index in [-0.39, 0.29) is 12.1 Å². The summed E-state index contributed by atoms with van der Waals surface area (Å²) in [6.07, 6.45) is 6.34. The van der Waals surface area contributed by atoms with Gasteiger partial charge in [-0.15, -0.1) is 11.6 Å². The van der Waals surface area contributed by atoms with Crippen molar-refractivity contribution in [2.24, 2.45) is 0 Å². The SMILES string of the molecule is CCCSP(=O)(NC(=O)N(CCCl)C1CCCCC1)OCC. The molecule has 5 nitrogen and oxygen atoms in total. The topological polar surface area (TPSA) is 58.6 Å². The first-order valence-electron chi connectivity index (χ1n) is 8.10. The van der Waals surface area contributed by atoms with E-state index >= 15 is 0 Å². The fourth-order valence-electron chi connectivity index (χ4n) is 2.60. The van der Waals surface area contributed by atoms with Gasteiger partial charge in [0.15, 0.2) is 0 Å². The third kappa shape index (κ3) is 6.69. The number of amides is 2. The van der Waals surface area contributed by atoms with E-state index in [4.69, 9.17) is 16.1 Å². The Bertz CT molecular complexity index is 381. The molecule has 1 N–H and O–H groups in total. The molecule has 1 fully saturated rings. The molecule has 0 aliphatic heterocycles. The monoisotopic (exact) mass is 370 g/mol. The quantitative estimate of drug-likeness (QED) is 0.465. The Hall–Kier alpha value is 0.100. The molecule has 0 bridgehead atoms. The second-order valence-corrected chi connectivity index (χ2v) is 10.1. The van der Waals surface area contributed by atoms with Crippen LogP contribution in [0.1, 0.15) is 52.4 Å². The molecule has 1 saturated carbocycles. The summed E-state index contributed by atoms with van der Waals surface area (Å²) >= 11 is 7.05. The van der Waals surface area contributed by atoms with Gasteiger partial charge in [0.2, 0.25) is 0 Å². The summed E-state index contributed by atoms with van der Waals surface area (Å²) in [4.78, 5) is 14.3. The maximum Gasteiger partial charge on any atom is 0.354 e. The van der Waals surface area contributed by atoms with Gasteiger partial charge in [0.25, 0.3) is 0 Å². The maximum atomic E-state index is 12.7. The highest BCUT2D eigenvalue weighted by Gasteiger charge is 2.31. The highest BCUT2D eigenvalue weighted by molar-refractivity contribution is 8.56. The minimum Gasteiger partial charge on any atom is -0.320 e. The largest absolute Gasteiger partial charge is 0.354 e. The van der Waals surface area contributed by atoms with Crippen LogP contribution in [0.2, 0.25) is 0 Å². The number of carbonyl (C=O) groups is 1. The molecule has 2 amide bonds. The Morgan fingerprint density at radius 2 is 2.05 bits per heavy atom. The first-order valence-corrected chi connectivity index (χ1v) is 11.8. The van der Waals surface area contributed by atoms with Crippen molar-refractivity contribution in [2.45, 2.75) is 58.4 Å². The lowest BCUT2D eigenvalue weighted by Gasteiger charge is -2.34. The van der Waals surface area contributed by atoms with Crippen LogP contribution in [-0.2, 0) is 9.09 Å². The lowest BCUT2D eigenvalue weighted by molar-refractivity contribution is 0.164. The van der Waals surface area contributed by atoms with Crippen LogP contribution in [0.15, 0.2) is 0 Å². The molecule has 0 aromatic rings. The van der Waals surface area contributed by atoms with Crippen LogP contribution in [-0.4, -0.2) is 41.8 Å². The van der Waals surface area contributed by atoms with E-state index in [2.05, 4.69) is 5.09 Å². The van der Waals surface area contributed by atoms with E-state index in [9.17, 15) is 9.36 Å². The summed E-state index contributed by atoms with van der Waals surface area (Å²) < 4.78 is 18.1. The lowest BCUT2D eigenvalue weighted by Crippen LogP contribution is -2.46. The van der Waals surface area contributed by atoms with E-state index < -0.39 is 6.72 Å². The van der Waals surface area contributed by atoms with Gasteiger partial charge in [-0.3, -0.25) is 9.65 Å². The molecule has 130 valence electrons. The summed E-state index contributed by atoms with van der Waals surface area (Å²) in [6.45, 7) is 1.39. The minimum atomic E-state index is -3.19. The highest BCUT2D eigenvalue weighted by atomic mass is 35.5. The molecule has 0 heterocycles. The Balaban J connectivity index is 2.71. The van der Waals surface area contributed by atoms with Crippen molar-refractivity contribution in [3.8, 4) is 0 Å². The van der Waals surface area contributed by atoms with Gasteiger partial charge >= 0.3 is 12.8 Å². The number of hydrogen-bond acceptors (Lipinski definition) is 4. The molecule has 0 aromatic carbocycles. The molecule has 1 aliphatic carbocycles. The number of nitrogens with one attached hydrogen (secondary N) is 1. The van der Waals surface area contributed by atoms with Crippen molar-refractivity contribution in [3.63, 3.8) is 0 Å². The normalized spacial score (nSPS) is 18.7. The van der Waals surface area contributed by atoms with Crippen LogP contribution >= 0.6 is 29.7 Å². The number of urea groups is 1. The van der Waals surface area contributed by atoms with Gasteiger partial charge in [0, 0.05) is 24.2 Å². The number of halogens is 1. The van der Waals surface area contributed by atoms with Crippen LogP contribution in [0.25, 0.3) is 0 Å². The summed E-state index contributed by atoms with van der Waals surface area (Å²) in [5, 5.41) is 2.64. The third-order valence-corrected chi connectivity index (χ3v) is 7.92. The zero-order valence-electron chi connectivity index (χ0n) is 13.6.